The summed E-state index contributed by atoms with van der Waals surface area (Å²) in [4.78, 5) is 1.65. The van der Waals surface area contributed by atoms with Crippen molar-refractivity contribution in [3.8, 4) is 0 Å². The van der Waals surface area contributed by atoms with Crippen LogP contribution in [0.15, 0.2) is 35.2 Å². The molecule has 0 saturated carbocycles. The van der Waals surface area contributed by atoms with Crippen molar-refractivity contribution in [1.82, 2.24) is 10.2 Å². The molecular formula is C13H24B2N2O6S2. The zero-order valence-corrected chi connectivity index (χ0v) is 15.9. The average Bonchev–Trinajstić information content (AvgIpc) is 3.08. The molecule has 0 radical (unpaired) electrons. The van der Waals surface area contributed by atoms with Crippen LogP contribution in [0.2, 0.25) is 12.6 Å². The highest BCUT2D eigenvalue weighted by molar-refractivity contribution is 7.95. The third kappa shape index (κ3) is 5.91. The highest BCUT2D eigenvalue weighted by Crippen LogP contribution is 2.19. The summed E-state index contributed by atoms with van der Waals surface area (Å²) in [6, 6.07) is 0. The van der Waals surface area contributed by atoms with Crippen LogP contribution in [-0.4, -0.2) is 77.3 Å². The zero-order valence-electron chi connectivity index (χ0n) is 14.3. The number of nitrogens with one attached hydrogen (secondary N) is 1. The molecule has 0 unspecified atom stereocenters. The minimum Gasteiger partial charge on any atom is -0.447 e. The van der Waals surface area contributed by atoms with Gasteiger partial charge in [0.05, 0.1) is 11.5 Å². The molecule has 0 aliphatic carbocycles. The van der Waals surface area contributed by atoms with Gasteiger partial charge in [0.15, 0.2) is 19.7 Å². The standard InChI is InChI=1S/C5H9NO2S.C4H8B2O2.C4H7NO2S/c1-5-6(2)3-4-9(5,7)8;1-4-5(7)2-3-6(4)8;1-4-5-2-3-8(4,6)7/h1,3-4H2,2H3;7-8H,1-3H2;5H,1-3H2. The Morgan fingerprint density at radius 2 is 1.52 bits per heavy atom. The SMILES string of the molecule is C=C1B(O)CCB1O.C=C1N(C)CCS1(=O)=O.C=C1NCCS1(=O)=O. The molecule has 3 rings (SSSR count). The molecule has 0 bridgehead atoms. The quantitative estimate of drug-likeness (QED) is 0.446. The molecule has 140 valence electrons. The Labute approximate surface area is 150 Å². The molecule has 12 heteroatoms. The van der Waals surface area contributed by atoms with E-state index in [1.807, 2.05) is 0 Å². The van der Waals surface area contributed by atoms with E-state index in [0.29, 0.717) is 31.1 Å². The molecule has 3 N–H and O–H groups in total. The summed E-state index contributed by atoms with van der Waals surface area (Å²) >= 11 is 0. The smallest absolute Gasteiger partial charge is 0.311 e. The van der Waals surface area contributed by atoms with E-state index < -0.39 is 33.5 Å². The van der Waals surface area contributed by atoms with Crippen LogP contribution in [-0.2, 0) is 19.7 Å². The molecule has 3 fully saturated rings. The Balaban J connectivity index is 0.000000188. The first-order valence-electron chi connectivity index (χ1n) is 7.71. The Kier molecular flexibility index (Phi) is 7.36. The van der Waals surface area contributed by atoms with Crippen molar-refractivity contribution >= 4 is 33.5 Å². The van der Waals surface area contributed by atoms with Gasteiger partial charge in [-0.1, -0.05) is 18.5 Å². The highest BCUT2D eigenvalue weighted by atomic mass is 32.2. The Hall–Kier alpha value is -1.23. The monoisotopic (exact) mass is 390 g/mol. The van der Waals surface area contributed by atoms with Gasteiger partial charge in [-0.15, -0.1) is 6.58 Å². The Morgan fingerprint density at radius 1 is 1.00 bits per heavy atom. The third-order valence-corrected chi connectivity index (χ3v) is 7.50. The van der Waals surface area contributed by atoms with E-state index in [9.17, 15) is 16.8 Å². The Morgan fingerprint density at radius 3 is 1.64 bits per heavy atom. The van der Waals surface area contributed by atoms with Crippen molar-refractivity contribution < 1.29 is 26.9 Å². The summed E-state index contributed by atoms with van der Waals surface area (Å²) in [7, 11) is -4.14. The molecule has 0 spiro atoms. The normalized spacial score (nSPS) is 23.6. The average molecular weight is 390 g/mol. The number of nitrogens with zero attached hydrogens (tertiary/aromatic N) is 1. The van der Waals surface area contributed by atoms with Crippen LogP contribution in [0.3, 0.4) is 0 Å². The fraction of sp³-hybridized carbons (Fsp3) is 0.538. The molecular weight excluding hydrogens is 366 g/mol. The van der Waals surface area contributed by atoms with E-state index in [2.05, 4.69) is 25.1 Å². The van der Waals surface area contributed by atoms with E-state index in [4.69, 9.17) is 10.0 Å². The second-order valence-electron chi connectivity index (χ2n) is 5.99. The summed E-state index contributed by atoms with van der Waals surface area (Å²) in [5.41, 5.74) is 0. The lowest BCUT2D eigenvalue weighted by atomic mass is 9.51. The fourth-order valence-corrected chi connectivity index (χ4v) is 4.46. The van der Waals surface area contributed by atoms with Crippen molar-refractivity contribution in [3.05, 3.63) is 35.2 Å². The summed E-state index contributed by atoms with van der Waals surface area (Å²) < 4.78 is 42.9. The molecule has 3 saturated heterocycles. The maximum atomic E-state index is 10.8. The van der Waals surface area contributed by atoms with Gasteiger partial charge in [-0.2, -0.15) is 0 Å². The molecule has 8 nitrogen and oxygen atoms in total. The first-order chi connectivity index (χ1) is 11.4. The van der Waals surface area contributed by atoms with E-state index >= 15 is 0 Å². The first-order valence-corrected chi connectivity index (χ1v) is 11.0. The van der Waals surface area contributed by atoms with Crippen LogP contribution in [0.1, 0.15) is 0 Å². The maximum Gasteiger partial charge on any atom is 0.311 e. The van der Waals surface area contributed by atoms with Crippen LogP contribution in [0.25, 0.3) is 0 Å². The van der Waals surface area contributed by atoms with E-state index in [1.54, 1.807) is 11.9 Å². The molecule has 0 aromatic rings. The number of sulfone groups is 2. The predicted molar refractivity (Wildman–Crippen MR) is 101 cm³/mol. The summed E-state index contributed by atoms with van der Waals surface area (Å²) in [5.74, 6) is 0.425. The third-order valence-electron chi connectivity index (χ3n) is 4.12. The van der Waals surface area contributed by atoms with Crippen LogP contribution in [0.5, 0.6) is 0 Å². The molecule has 3 heterocycles. The molecule has 0 atom stereocenters. The number of hydrogen-bond donors (Lipinski definition) is 3. The van der Waals surface area contributed by atoms with Crippen molar-refractivity contribution in [2.75, 3.05) is 31.6 Å². The van der Waals surface area contributed by atoms with Crippen LogP contribution >= 0.6 is 0 Å². The summed E-state index contributed by atoms with van der Waals surface area (Å²) in [6.45, 7) is 10.4. The highest BCUT2D eigenvalue weighted by Gasteiger charge is 2.32. The van der Waals surface area contributed by atoms with Gasteiger partial charge in [0.25, 0.3) is 0 Å². The van der Waals surface area contributed by atoms with Crippen molar-refractivity contribution in [2.45, 2.75) is 12.6 Å². The minimum absolute atomic E-state index is 0.164. The van der Waals surface area contributed by atoms with Gasteiger partial charge in [0.1, 0.15) is 10.1 Å². The molecule has 3 aliphatic heterocycles. The predicted octanol–water partition coefficient (Wildman–Crippen LogP) is -1.10. The molecule has 25 heavy (non-hydrogen) atoms. The lowest BCUT2D eigenvalue weighted by Crippen LogP contribution is -2.16. The Bertz CT molecular complexity index is 738. The van der Waals surface area contributed by atoms with Gasteiger partial charge in [-0.25, -0.2) is 16.8 Å². The molecule has 0 aromatic heterocycles. The second-order valence-corrected chi connectivity index (χ2v) is 10.2. The van der Waals surface area contributed by atoms with Gasteiger partial charge in [-0.3, -0.25) is 0 Å². The fourth-order valence-electron chi connectivity index (χ4n) is 2.20. The van der Waals surface area contributed by atoms with E-state index in [1.165, 1.54) is 0 Å². The van der Waals surface area contributed by atoms with Crippen LogP contribution in [0, 0.1) is 0 Å². The summed E-state index contributed by atoms with van der Waals surface area (Å²) in [5, 5.41) is 21.4. The van der Waals surface area contributed by atoms with Crippen molar-refractivity contribution in [3.63, 3.8) is 0 Å². The first kappa shape index (κ1) is 21.8. The lowest BCUT2D eigenvalue weighted by Gasteiger charge is -2.06. The topological polar surface area (TPSA) is 124 Å². The summed E-state index contributed by atoms with van der Waals surface area (Å²) in [6.07, 6.45) is 1.33. The van der Waals surface area contributed by atoms with Gasteiger partial charge in [0, 0.05) is 20.1 Å². The van der Waals surface area contributed by atoms with Gasteiger partial charge in [-0.05, 0) is 12.6 Å². The van der Waals surface area contributed by atoms with Gasteiger partial charge >= 0.3 is 13.8 Å². The molecule has 0 amide bonds. The van der Waals surface area contributed by atoms with Crippen molar-refractivity contribution in [2.24, 2.45) is 0 Å². The maximum absolute atomic E-state index is 10.8. The molecule has 3 aliphatic rings. The van der Waals surface area contributed by atoms with Gasteiger partial charge < -0.3 is 20.3 Å². The van der Waals surface area contributed by atoms with E-state index in [0.717, 1.165) is 0 Å². The molecule has 0 aromatic carbocycles. The van der Waals surface area contributed by atoms with Crippen molar-refractivity contribution in [1.29, 1.82) is 0 Å². The van der Waals surface area contributed by atoms with Gasteiger partial charge in [0.2, 0.25) is 0 Å². The zero-order chi connectivity index (χ0) is 19.4. The van der Waals surface area contributed by atoms with E-state index in [-0.39, 0.29) is 21.6 Å². The second kappa shape index (κ2) is 8.43. The largest absolute Gasteiger partial charge is 0.447 e. The van der Waals surface area contributed by atoms with Crippen LogP contribution < -0.4 is 5.32 Å². The minimum atomic E-state index is -2.94. The number of hydrogen-bond acceptors (Lipinski definition) is 8. The number of rotatable bonds is 0. The lowest BCUT2D eigenvalue weighted by molar-refractivity contribution is 0.493. The van der Waals surface area contributed by atoms with Crippen LogP contribution in [0.4, 0.5) is 0 Å².